The Balaban J connectivity index is 0.00000148. The zero-order valence-corrected chi connectivity index (χ0v) is 21.0. The highest BCUT2D eigenvalue weighted by atomic mass is 35.5. The molecule has 0 aliphatic heterocycles. The Bertz CT molecular complexity index is 1330. The summed E-state index contributed by atoms with van der Waals surface area (Å²) in [6, 6.07) is 14.0. The Labute approximate surface area is 214 Å². The SMILES string of the molecule is CC.Nc1ccc(C(=O)NC2CC(F)CC(Nc3ncc(Cl)c(-c4c[nH]c5ccccc45)n3)C2)cc1. The van der Waals surface area contributed by atoms with Crippen molar-refractivity contribution in [2.75, 3.05) is 11.1 Å². The van der Waals surface area contributed by atoms with Crippen molar-refractivity contribution in [2.45, 2.75) is 51.4 Å². The number of alkyl halides is 1. The van der Waals surface area contributed by atoms with E-state index in [0.29, 0.717) is 40.8 Å². The molecular formula is C27H30ClFN6O. The maximum absolute atomic E-state index is 14.6. The molecule has 5 rings (SSSR count). The van der Waals surface area contributed by atoms with Gasteiger partial charge in [0.15, 0.2) is 0 Å². The van der Waals surface area contributed by atoms with Gasteiger partial charge in [0.05, 0.1) is 16.9 Å². The maximum atomic E-state index is 14.6. The van der Waals surface area contributed by atoms with Gasteiger partial charge in [-0.1, -0.05) is 43.6 Å². The van der Waals surface area contributed by atoms with Crippen molar-refractivity contribution < 1.29 is 9.18 Å². The van der Waals surface area contributed by atoms with Crippen molar-refractivity contribution in [1.29, 1.82) is 0 Å². The third-order valence-electron chi connectivity index (χ3n) is 6.08. The summed E-state index contributed by atoms with van der Waals surface area (Å²) in [6.45, 7) is 4.00. The summed E-state index contributed by atoms with van der Waals surface area (Å²) in [6.07, 6.45) is 3.48. The summed E-state index contributed by atoms with van der Waals surface area (Å²) >= 11 is 6.42. The second-order valence-electron chi connectivity index (χ2n) is 8.58. The van der Waals surface area contributed by atoms with Crippen LogP contribution in [-0.4, -0.2) is 39.1 Å². The van der Waals surface area contributed by atoms with Gasteiger partial charge in [-0.25, -0.2) is 14.4 Å². The monoisotopic (exact) mass is 508 g/mol. The lowest BCUT2D eigenvalue weighted by Crippen LogP contribution is -2.45. The summed E-state index contributed by atoms with van der Waals surface area (Å²) in [7, 11) is 0. The van der Waals surface area contributed by atoms with Gasteiger partial charge in [0.1, 0.15) is 6.17 Å². The van der Waals surface area contributed by atoms with Gasteiger partial charge in [0, 0.05) is 46.0 Å². The highest BCUT2D eigenvalue weighted by Gasteiger charge is 2.30. The lowest BCUT2D eigenvalue weighted by atomic mass is 9.89. The van der Waals surface area contributed by atoms with Gasteiger partial charge in [0.2, 0.25) is 5.95 Å². The molecule has 36 heavy (non-hydrogen) atoms. The zero-order chi connectivity index (χ0) is 25.7. The van der Waals surface area contributed by atoms with Gasteiger partial charge in [-0.2, -0.15) is 0 Å². The number of para-hydroxylation sites is 1. The lowest BCUT2D eigenvalue weighted by Gasteiger charge is -2.32. The van der Waals surface area contributed by atoms with E-state index in [1.807, 2.05) is 44.3 Å². The zero-order valence-electron chi connectivity index (χ0n) is 20.3. The van der Waals surface area contributed by atoms with Gasteiger partial charge in [0.25, 0.3) is 5.91 Å². The van der Waals surface area contributed by atoms with E-state index >= 15 is 0 Å². The van der Waals surface area contributed by atoms with Crippen molar-refractivity contribution in [3.63, 3.8) is 0 Å². The number of hydrogen-bond acceptors (Lipinski definition) is 5. The number of anilines is 2. The number of aromatic amines is 1. The average Bonchev–Trinajstić information content (AvgIpc) is 3.30. The first-order valence-corrected chi connectivity index (χ1v) is 12.5. The number of nitrogens with one attached hydrogen (secondary N) is 3. The molecule has 188 valence electrons. The van der Waals surface area contributed by atoms with Gasteiger partial charge >= 0.3 is 0 Å². The number of carbonyl (C=O) groups excluding carboxylic acids is 1. The van der Waals surface area contributed by atoms with Crippen molar-refractivity contribution in [3.8, 4) is 11.3 Å². The van der Waals surface area contributed by atoms with Crippen LogP contribution in [0.1, 0.15) is 43.5 Å². The number of nitrogen functional groups attached to an aromatic ring is 1. The molecule has 1 saturated carbocycles. The third kappa shape index (κ3) is 5.76. The van der Waals surface area contributed by atoms with E-state index in [4.69, 9.17) is 17.3 Å². The topological polar surface area (TPSA) is 109 Å². The van der Waals surface area contributed by atoms with Crippen LogP contribution in [0, 0.1) is 0 Å². The molecule has 7 nitrogen and oxygen atoms in total. The molecule has 1 amide bonds. The van der Waals surface area contributed by atoms with Gasteiger partial charge in [-0.05, 0) is 49.6 Å². The van der Waals surface area contributed by atoms with Crippen LogP contribution in [0.25, 0.3) is 22.2 Å². The highest BCUT2D eigenvalue weighted by Crippen LogP contribution is 2.33. The number of hydrogen-bond donors (Lipinski definition) is 4. The minimum atomic E-state index is -1.05. The molecule has 2 aromatic carbocycles. The molecule has 1 aliphatic rings. The van der Waals surface area contributed by atoms with Crippen molar-refractivity contribution in [1.82, 2.24) is 20.3 Å². The summed E-state index contributed by atoms with van der Waals surface area (Å²) < 4.78 is 14.6. The number of carbonyl (C=O) groups is 1. The van der Waals surface area contributed by atoms with Crippen molar-refractivity contribution in [2.24, 2.45) is 0 Å². The summed E-state index contributed by atoms with van der Waals surface area (Å²) in [4.78, 5) is 24.7. The van der Waals surface area contributed by atoms with E-state index in [9.17, 15) is 9.18 Å². The summed E-state index contributed by atoms with van der Waals surface area (Å²) in [5, 5.41) is 7.61. The molecule has 4 aromatic rings. The quantitative estimate of drug-likeness (QED) is 0.248. The third-order valence-corrected chi connectivity index (χ3v) is 6.36. The highest BCUT2D eigenvalue weighted by molar-refractivity contribution is 6.33. The van der Waals surface area contributed by atoms with Gasteiger partial charge < -0.3 is 21.4 Å². The molecule has 0 spiro atoms. The number of rotatable bonds is 5. The number of fused-ring (bicyclic) bond motifs is 1. The smallest absolute Gasteiger partial charge is 0.251 e. The van der Waals surface area contributed by atoms with E-state index in [1.165, 1.54) is 0 Å². The first-order chi connectivity index (χ1) is 17.5. The molecule has 0 bridgehead atoms. The number of halogens is 2. The molecule has 0 saturated heterocycles. The molecule has 3 atom stereocenters. The second kappa shape index (κ2) is 11.4. The summed E-state index contributed by atoms with van der Waals surface area (Å²) in [5.41, 5.74) is 9.20. The van der Waals surface area contributed by atoms with Crippen LogP contribution in [0.3, 0.4) is 0 Å². The van der Waals surface area contributed by atoms with Crippen LogP contribution >= 0.6 is 11.6 Å². The van der Waals surface area contributed by atoms with E-state index in [1.54, 1.807) is 30.5 Å². The van der Waals surface area contributed by atoms with Crippen molar-refractivity contribution >= 4 is 40.0 Å². The number of aromatic nitrogens is 3. The number of H-pyrrole nitrogens is 1. The predicted octanol–water partition coefficient (Wildman–Crippen LogP) is 5.99. The fraction of sp³-hybridized carbons (Fsp3) is 0.296. The molecule has 3 unspecified atom stereocenters. The molecule has 5 N–H and O–H groups in total. The first kappa shape index (κ1) is 25.4. The molecule has 0 radical (unpaired) electrons. The van der Waals surface area contributed by atoms with Crippen LogP contribution in [0.15, 0.2) is 60.9 Å². The fourth-order valence-electron chi connectivity index (χ4n) is 4.46. The van der Waals surface area contributed by atoms with E-state index < -0.39 is 6.17 Å². The molecule has 2 aromatic heterocycles. The molecule has 1 fully saturated rings. The van der Waals surface area contributed by atoms with Gasteiger partial charge in [-0.3, -0.25) is 4.79 Å². The standard InChI is InChI=1S/C25H24ClFN6O.C2H6/c26-21-13-30-25(33-23(21)20-12-29-22-4-2-1-3-19(20)22)32-18-10-15(27)9-17(11-18)31-24(34)14-5-7-16(28)8-6-14;1-2/h1-8,12-13,15,17-18,29H,9-11,28H2,(H,31,34)(H,30,32,33);1-2H3. The predicted molar refractivity (Wildman–Crippen MR) is 144 cm³/mol. The van der Waals surface area contributed by atoms with E-state index in [0.717, 1.165) is 16.5 Å². The first-order valence-electron chi connectivity index (χ1n) is 12.1. The Kier molecular flexibility index (Phi) is 8.05. The van der Waals surface area contributed by atoms with E-state index in [-0.39, 0.29) is 24.4 Å². The molecule has 2 heterocycles. The van der Waals surface area contributed by atoms with Crippen LogP contribution in [-0.2, 0) is 0 Å². The largest absolute Gasteiger partial charge is 0.399 e. The Morgan fingerprint density at radius 3 is 2.58 bits per heavy atom. The van der Waals surface area contributed by atoms with Crippen LogP contribution in [0.2, 0.25) is 5.02 Å². The van der Waals surface area contributed by atoms with E-state index in [2.05, 4.69) is 25.6 Å². The average molecular weight is 509 g/mol. The van der Waals surface area contributed by atoms with Crippen LogP contribution in [0.5, 0.6) is 0 Å². The molecule has 1 aliphatic carbocycles. The van der Waals surface area contributed by atoms with Crippen LogP contribution in [0.4, 0.5) is 16.0 Å². The minimum absolute atomic E-state index is 0.238. The fourth-order valence-corrected chi connectivity index (χ4v) is 4.66. The normalized spacial score (nSPS) is 19.3. The lowest BCUT2D eigenvalue weighted by molar-refractivity contribution is 0.0909. The van der Waals surface area contributed by atoms with Crippen molar-refractivity contribution in [3.05, 3.63) is 71.5 Å². The number of amides is 1. The Morgan fingerprint density at radius 2 is 1.81 bits per heavy atom. The second-order valence-corrected chi connectivity index (χ2v) is 8.98. The summed E-state index contributed by atoms with van der Waals surface area (Å²) in [5.74, 6) is 0.120. The maximum Gasteiger partial charge on any atom is 0.251 e. The molecule has 9 heteroatoms. The molecular weight excluding hydrogens is 479 g/mol. The van der Waals surface area contributed by atoms with Gasteiger partial charge in [-0.15, -0.1) is 0 Å². The minimum Gasteiger partial charge on any atom is -0.399 e. The Hall–Kier alpha value is -3.65. The number of nitrogens with zero attached hydrogens (tertiary/aromatic N) is 2. The van der Waals surface area contributed by atoms with Crippen LogP contribution < -0.4 is 16.4 Å². The number of nitrogens with two attached hydrogens (primary N) is 1. The Morgan fingerprint density at radius 1 is 1.08 bits per heavy atom. The number of benzene rings is 2.